The van der Waals surface area contributed by atoms with Crippen molar-refractivity contribution in [3.63, 3.8) is 0 Å². The van der Waals surface area contributed by atoms with E-state index in [1.54, 1.807) is 18.2 Å². The van der Waals surface area contributed by atoms with Crippen LogP contribution in [0.2, 0.25) is 0 Å². The SMILES string of the molecule is C[C@H](N)C(=O)NC(CCCc1ccccc1F)C(=O)O. The Morgan fingerprint density at radius 1 is 1.40 bits per heavy atom. The fourth-order valence-electron chi connectivity index (χ4n) is 1.76. The third-order valence-corrected chi connectivity index (χ3v) is 2.92. The maximum atomic E-state index is 13.4. The fraction of sp³-hybridized carbons (Fsp3) is 0.429. The molecule has 0 aliphatic heterocycles. The van der Waals surface area contributed by atoms with Crippen LogP contribution in [0.4, 0.5) is 4.39 Å². The quantitative estimate of drug-likeness (QED) is 0.697. The highest BCUT2D eigenvalue weighted by atomic mass is 19.1. The van der Waals surface area contributed by atoms with Gasteiger partial charge < -0.3 is 16.2 Å². The van der Waals surface area contributed by atoms with Gasteiger partial charge in [0.2, 0.25) is 5.91 Å². The molecule has 0 spiro atoms. The number of nitrogens with two attached hydrogens (primary N) is 1. The van der Waals surface area contributed by atoms with E-state index in [4.69, 9.17) is 10.8 Å². The van der Waals surface area contributed by atoms with Gasteiger partial charge >= 0.3 is 5.97 Å². The average molecular weight is 282 g/mol. The van der Waals surface area contributed by atoms with Crippen LogP contribution < -0.4 is 11.1 Å². The van der Waals surface area contributed by atoms with Crippen LogP contribution >= 0.6 is 0 Å². The van der Waals surface area contributed by atoms with Gasteiger partial charge in [0, 0.05) is 0 Å². The Balaban J connectivity index is 2.50. The molecule has 1 aromatic rings. The summed E-state index contributed by atoms with van der Waals surface area (Å²) in [6.07, 6.45) is 1.10. The Labute approximate surface area is 117 Å². The molecule has 0 saturated heterocycles. The van der Waals surface area contributed by atoms with Crippen LogP contribution in [-0.4, -0.2) is 29.1 Å². The molecule has 0 saturated carbocycles. The first-order valence-electron chi connectivity index (χ1n) is 6.44. The summed E-state index contributed by atoms with van der Waals surface area (Å²) in [5.41, 5.74) is 5.91. The molecular formula is C14H19FN2O3. The summed E-state index contributed by atoms with van der Waals surface area (Å²) in [7, 11) is 0. The standard InChI is InChI=1S/C14H19FN2O3/c1-9(16)13(18)17-12(14(19)20)8-4-6-10-5-2-3-7-11(10)15/h2-3,5,7,9,12H,4,6,8,16H2,1H3,(H,17,18)(H,19,20)/t9-,12?/m0/s1. The minimum atomic E-state index is -1.12. The lowest BCUT2D eigenvalue weighted by atomic mass is 10.0. The highest BCUT2D eigenvalue weighted by Crippen LogP contribution is 2.11. The van der Waals surface area contributed by atoms with Crippen LogP contribution in [-0.2, 0) is 16.0 Å². The van der Waals surface area contributed by atoms with Gasteiger partial charge in [0.15, 0.2) is 0 Å². The number of carbonyl (C=O) groups excluding carboxylic acids is 1. The van der Waals surface area contributed by atoms with Gasteiger partial charge in [-0.3, -0.25) is 4.79 Å². The average Bonchev–Trinajstić information content (AvgIpc) is 2.39. The van der Waals surface area contributed by atoms with Gasteiger partial charge in [0.25, 0.3) is 0 Å². The number of carbonyl (C=O) groups is 2. The van der Waals surface area contributed by atoms with E-state index in [0.29, 0.717) is 18.4 Å². The summed E-state index contributed by atoms with van der Waals surface area (Å²) in [5, 5.41) is 11.4. The zero-order valence-corrected chi connectivity index (χ0v) is 11.3. The van der Waals surface area contributed by atoms with E-state index in [1.165, 1.54) is 13.0 Å². The summed E-state index contributed by atoms with van der Waals surface area (Å²) in [6, 6.07) is 4.59. The summed E-state index contributed by atoms with van der Waals surface area (Å²) in [4.78, 5) is 22.4. The van der Waals surface area contributed by atoms with E-state index in [2.05, 4.69) is 5.32 Å². The van der Waals surface area contributed by atoms with Crippen molar-refractivity contribution in [3.05, 3.63) is 35.6 Å². The first kappa shape index (κ1) is 16.1. The van der Waals surface area contributed by atoms with Crippen molar-refractivity contribution < 1.29 is 19.1 Å². The van der Waals surface area contributed by atoms with E-state index in [9.17, 15) is 14.0 Å². The number of rotatable bonds is 7. The molecule has 1 unspecified atom stereocenters. The molecule has 1 rings (SSSR count). The minimum absolute atomic E-state index is 0.224. The molecule has 1 amide bonds. The Hall–Kier alpha value is -1.95. The second kappa shape index (κ2) is 7.59. The first-order chi connectivity index (χ1) is 9.41. The summed E-state index contributed by atoms with van der Waals surface area (Å²) < 4.78 is 13.4. The maximum absolute atomic E-state index is 13.4. The number of carboxylic acids is 1. The molecule has 110 valence electrons. The van der Waals surface area contributed by atoms with Gasteiger partial charge in [-0.15, -0.1) is 0 Å². The highest BCUT2D eigenvalue weighted by Gasteiger charge is 2.21. The van der Waals surface area contributed by atoms with E-state index in [1.807, 2.05) is 0 Å². The van der Waals surface area contributed by atoms with Crippen LogP contribution in [0.1, 0.15) is 25.3 Å². The predicted molar refractivity (Wildman–Crippen MR) is 72.6 cm³/mol. The largest absolute Gasteiger partial charge is 0.480 e. The summed E-state index contributed by atoms with van der Waals surface area (Å²) in [5.74, 6) is -1.94. The van der Waals surface area contributed by atoms with Crippen molar-refractivity contribution in [2.24, 2.45) is 5.73 Å². The van der Waals surface area contributed by atoms with Gasteiger partial charge in [-0.05, 0) is 37.8 Å². The van der Waals surface area contributed by atoms with Gasteiger partial charge in [-0.2, -0.15) is 0 Å². The number of hydrogen-bond donors (Lipinski definition) is 3. The fourth-order valence-corrected chi connectivity index (χ4v) is 1.76. The van der Waals surface area contributed by atoms with Crippen molar-refractivity contribution in [2.75, 3.05) is 0 Å². The smallest absolute Gasteiger partial charge is 0.326 e. The minimum Gasteiger partial charge on any atom is -0.480 e. The zero-order valence-electron chi connectivity index (χ0n) is 11.3. The lowest BCUT2D eigenvalue weighted by Gasteiger charge is -2.16. The second-order valence-electron chi connectivity index (χ2n) is 4.67. The number of carboxylic acid groups (broad SMARTS) is 1. The van der Waals surface area contributed by atoms with Crippen LogP contribution in [0.5, 0.6) is 0 Å². The molecule has 20 heavy (non-hydrogen) atoms. The van der Waals surface area contributed by atoms with Crippen molar-refractivity contribution in [1.82, 2.24) is 5.32 Å². The molecular weight excluding hydrogens is 263 g/mol. The van der Waals surface area contributed by atoms with E-state index in [-0.39, 0.29) is 12.2 Å². The van der Waals surface area contributed by atoms with E-state index >= 15 is 0 Å². The number of aryl methyl sites for hydroxylation is 1. The number of amides is 1. The Morgan fingerprint density at radius 2 is 2.05 bits per heavy atom. The molecule has 0 radical (unpaired) electrons. The summed E-state index contributed by atoms with van der Waals surface area (Å²) in [6.45, 7) is 1.48. The van der Waals surface area contributed by atoms with Gasteiger partial charge in [-0.25, -0.2) is 9.18 Å². The Morgan fingerprint density at radius 3 is 2.60 bits per heavy atom. The first-order valence-corrected chi connectivity index (χ1v) is 6.44. The molecule has 0 heterocycles. The Kier molecular flexibility index (Phi) is 6.11. The maximum Gasteiger partial charge on any atom is 0.326 e. The molecule has 0 fully saturated rings. The molecule has 0 aliphatic carbocycles. The molecule has 1 aromatic carbocycles. The number of aliphatic carboxylic acids is 1. The van der Waals surface area contributed by atoms with Crippen molar-refractivity contribution >= 4 is 11.9 Å². The molecule has 4 N–H and O–H groups in total. The monoisotopic (exact) mass is 282 g/mol. The third kappa shape index (κ3) is 4.97. The molecule has 0 bridgehead atoms. The molecule has 2 atom stereocenters. The molecule has 0 aromatic heterocycles. The highest BCUT2D eigenvalue weighted by molar-refractivity contribution is 5.86. The Bertz CT molecular complexity index is 477. The molecule has 0 aliphatic rings. The number of benzene rings is 1. The topological polar surface area (TPSA) is 92.4 Å². The lowest BCUT2D eigenvalue weighted by molar-refractivity contribution is -0.142. The van der Waals surface area contributed by atoms with Crippen LogP contribution in [0.25, 0.3) is 0 Å². The van der Waals surface area contributed by atoms with E-state index in [0.717, 1.165) is 0 Å². The van der Waals surface area contributed by atoms with E-state index < -0.39 is 24.0 Å². The number of halogens is 1. The van der Waals surface area contributed by atoms with Crippen LogP contribution in [0.15, 0.2) is 24.3 Å². The number of hydrogen-bond acceptors (Lipinski definition) is 3. The third-order valence-electron chi connectivity index (χ3n) is 2.92. The number of nitrogens with one attached hydrogen (secondary N) is 1. The van der Waals surface area contributed by atoms with Crippen molar-refractivity contribution in [3.8, 4) is 0 Å². The lowest BCUT2D eigenvalue weighted by Crippen LogP contribution is -2.47. The van der Waals surface area contributed by atoms with Crippen LogP contribution in [0, 0.1) is 5.82 Å². The van der Waals surface area contributed by atoms with Gasteiger partial charge in [0.05, 0.1) is 6.04 Å². The molecule has 6 heteroatoms. The second-order valence-corrected chi connectivity index (χ2v) is 4.67. The molecule has 5 nitrogen and oxygen atoms in total. The van der Waals surface area contributed by atoms with Crippen LogP contribution in [0.3, 0.4) is 0 Å². The zero-order chi connectivity index (χ0) is 15.1. The van der Waals surface area contributed by atoms with Crippen molar-refractivity contribution in [1.29, 1.82) is 0 Å². The van der Waals surface area contributed by atoms with Gasteiger partial charge in [0.1, 0.15) is 11.9 Å². The predicted octanol–water partition coefficient (Wildman–Crippen LogP) is 1.06. The van der Waals surface area contributed by atoms with Crippen molar-refractivity contribution in [2.45, 2.75) is 38.3 Å². The van der Waals surface area contributed by atoms with Gasteiger partial charge in [-0.1, -0.05) is 18.2 Å². The normalized spacial score (nSPS) is 13.6. The summed E-state index contributed by atoms with van der Waals surface area (Å²) >= 11 is 0.